The van der Waals surface area contributed by atoms with E-state index in [0.29, 0.717) is 22.6 Å². The lowest BCUT2D eigenvalue weighted by Gasteiger charge is -2.06. The molecule has 3 rings (SSSR count). The fourth-order valence-corrected chi connectivity index (χ4v) is 2.96. The number of nitrogens with zero attached hydrogens (tertiary/aromatic N) is 3. The molecule has 0 aliphatic heterocycles. The number of fused-ring (bicyclic) bond motifs is 1. The topological polar surface area (TPSA) is 81.0 Å². The van der Waals surface area contributed by atoms with Crippen molar-refractivity contribution in [2.24, 2.45) is 0 Å². The van der Waals surface area contributed by atoms with E-state index in [2.05, 4.69) is 15.3 Å². The van der Waals surface area contributed by atoms with E-state index in [9.17, 15) is 10.1 Å². The predicted octanol–water partition coefficient (Wildman–Crippen LogP) is 3.87. The Labute approximate surface area is 128 Å². The molecule has 2 aromatic heterocycles. The summed E-state index contributed by atoms with van der Waals surface area (Å²) >= 11 is 6.85. The zero-order valence-electron chi connectivity index (χ0n) is 10.6. The third kappa shape index (κ3) is 2.93. The van der Waals surface area contributed by atoms with E-state index < -0.39 is 4.92 Å². The molecule has 0 aliphatic carbocycles. The molecule has 0 bridgehead atoms. The number of hydrogen-bond donors (Lipinski definition) is 1. The highest BCUT2D eigenvalue weighted by Gasteiger charge is 2.17. The maximum atomic E-state index is 10.9. The first-order valence-electron chi connectivity index (χ1n) is 6.03. The Bertz CT molecular complexity index is 807. The van der Waals surface area contributed by atoms with Gasteiger partial charge in [-0.2, -0.15) is 0 Å². The number of hydrogen-bond acceptors (Lipinski definition) is 6. The molecule has 21 heavy (non-hydrogen) atoms. The number of nitro groups is 1. The minimum Gasteiger partial charge on any atom is -0.365 e. The van der Waals surface area contributed by atoms with Crippen LogP contribution in [0.15, 0.2) is 36.4 Å². The first-order chi connectivity index (χ1) is 10.1. The molecule has 106 valence electrons. The van der Waals surface area contributed by atoms with Gasteiger partial charge in [-0.1, -0.05) is 30.3 Å². The largest absolute Gasteiger partial charge is 0.365 e. The molecule has 3 aromatic rings. The number of aromatic nitrogens is 2. The molecule has 0 aliphatic rings. The summed E-state index contributed by atoms with van der Waals surface area (Å²) in [5, 5.41) is 14.7. The number of rotatable bonds is 4. The maximum Gasteiger partial charge on any atom is 0.326 e. The highest BCUT2D eigenvalue weighted by Crippen LogP contribution is 2.34. The minimum atomic E-state index is -0.443. The van der Waals surface area contributed by atoms with Crippen LogP contribution in [-0.2, 0) is 6.54 Å². The van der Waals surface area contributed by atoms with Crippen LogP contribution in [0.2, 0.25) is 5.28 Å². The van der Waals surface area contributed by atoms with Crippen molar-refractivity contribution in [2.75, 3.05) is 5.32 Å². The van der Waals surface area contributed by atoms with Gasteiger partial charge in [-0.3, -0.25) is 10.1 Å². The lowest BCUT2D eigenvalue weighted by Crippen LogP contribution is -2.02. The van der Waals surface area contributed by atoms with E-state index in [0.717, 1.165) is 16.9 Å². The second kappa shape index (κ2) is 5.63. The van der Waals surface area contributed by atoms with Gasteiger partial charge in [0.1, 0.15) is 10.6 Å². The van der Waals surface area contributed by atoms with E-state index in [1.165, 1.54) is 6.07 Å². The molecular formula is C13H9ClN4O2S. The van der Waals surface area contributed by atoms with Gasteiger partial charge < -0.3 is 5.32 Å². The lowest BCUT2D eigenvalue weighted by atomic mass is 10.2. The van der Waals surface area contributed by atoms with Crippen LogP contribution < -0.4 is 5.32 Å². The summed E-state index contributed by atoms with van der Waals surface area (Å²) in [4.78, 5) is 19.1. The van der Waals surface area contributed by atoms with Crippen molar-refractivity contribution in [2.45, 2.75) is 6.54 Å². The number of nitrogens with one attached hydrogen (secondary N) is 1. The van der Waals surface area contributed by atoms with Crippen LogP contribution in [-0.4, -0.2) is 14.9 Å². The summed E-state index contributed by atoms with van der Waals surface area (Å²) in [7, 11) is 0. The second-order valence-corrected chi connectivity index (χ2v) is 5.59. The Hall–Kier alpha value is -2.25. The zero-order chi connectivity index (χ0) is 14.8. The first-order valence-corrected chi connectivity index (χ1v) is 7.22. The van der Waals surface area contributed by atoms with Gasteiger partial charge in [-0.05, 0) is 28.5 Å². The van der Waals surface area contributed by atoms with E-state index in [4.69, 9.17) is 11.6 Å². The number of halogens is 1. The van der Waals surface area contributed by atoms with Crippen molar-refractivity contribution in [3.05, 3.63) is 57.4 Å². The van der Waals surface area contributed by atoms with Crippen molar-refractivity contribution in [3.8, 4) is 0 Å². The fraction of sp³-hybridized carbons (Fsp3) is 0.0769. The Balaban J connectivity index is 1.95. The second-order valence-electron chi connectivity index (χ2n) is 4.24. The Morgan fingerprint density at radius 3 is 2.76 bits per heavy atom. The van der Waals surface area contributed by atoms with Crippen LogP contribution in [0.25, 0.3) is 10.2 Å². The van der Waals surface area contributed by atoms with Crippen LogP contribution in [0.4, 0.5) is 10.8 Å². The first kappa shape index (κ1) is 13.7. The van der Waals surface area contributed by atoms with Gasteiger partial charge in [-0.25, -0.2) is 9.97 Å². The molecule has 8 heteroatoms. The monoisotopic (exact) mass is 320 g/mol. The molecule has 0 fully saturated rings. The quantitative estimate of drug-likeness (QED) is 0.448. The van der Waals surface area contributed by atoms with Gasteiger partial charge >= 0.3 is 5.00 Å². The third-order valence-electron chi connectivity index (χ3n) is 2.84. The minimum absolute atomic E-state index is 0.0179. The molecule has 0 amide bonds. The highest BCUT2D eigenvalue weighted by atomic mass is 35.5. The Kier molecular flexibility index (Phi) is 3.68. The van der Waals surface area contributed by atoms with E-state index >= 15 is 0 Å². The molecule has 0 saturated carbocycles. The molecule has 0 unspecified atom stereocenters. The molecule has 0 atom stereocenters. The molecule has 1 N–H and O–H groups in total. The SMILES string of the molecule is O=[N+]([O-])c1cc2c(NCc3ccccc3)nc(Cl)nc2s1. The van der Waals surface area contributed by atoms with Crippen molar-refractivity contribution in [1.82, 2.24) is 9.97 Å². The average Bonchev–Trinajstić information content (AvgIpc) is 2.90. The van der Waals surface area contributed by atoms with Crippen molar-refractivity contribution < 1.29 is 4.92 Å². The van der Waals surface area contributed by atoms with Gasteiger partial charge in [0.25, 0.3) is 0 Å². The zero-order valence-corrected chi connectivity index (χ0v) is 12.2. The molecule has 0 spiro atoms. The summed E-state index contributed by atoms with van der Waals surface area (Å²) in [6.45, 7) is 0.549. The van der Waals surface area contributed by atoms with Gasteiger partial charge in [-0.15, -0.1) is 0 Å². The van der Waals surface area contributed by atoms with Crippen molar-refractivity contribution in [1.29, 1.82) is 0 Å². The average molecular weight is 321 g/mol. The van der Waals surface area contributed by atoms with E-state index in [-0.39, 0.29) is 10.3 Å². The maximum absolute atomic E-state index is 10.9. The Morgan fingerprint density at radius 1 is 1.29 bits per heavy atom. The summed E-state index contributed by atoms with van der Waals surface area (Å²) in [6.07, 6.45) is 0. The summed E-state index contributed by atoms with van der Waals surface area (Å²) < 4.78 is 0. The lowest BCUT2D eigenvalue weighted by molar-refractivity contribution is -0.380. The van der Waals surface area contributed by atoms with E-state index in [1.807, 2.05) is 30.3 Å². The number of anilines is 1. The molecule has 2 heterocycles. The molecule has 1 aromatic carbocycles. The molecule has 6 nitrogen and oxygen atoms in total. The number of thiophene rings is 1. The highest BCUT2D eigenvalue weighted by molar-refractivity contribution is 7.21. The smallest absolute Gasteiger partial charge is 0.326 e. The third-order valence-corrected chi connectivity index (χ3v) is 3.98. The van der Waals surface area contributed by atoms with Crippen LogP contribution in [0, 0.1) is 10.1 Å². The van der Waals surface area contributed by atoms with Crippen LogP contribution >= 0.6 is 22.9 Å². The van der Waals surface area contributed by atoms with Crippen molar-refractivity contribution >= 4 is 44.0 Å². The van der Waals surface area contributed by atoms with Gasteiger partial charge in [0.15, 0.2) is 0 Å². The van der Waals surface area contributed by atoms with Crippen molar-refractivity contribution in [3.63, 3.8) is 0 Å². The molecular weight excluding hydrogens is 312 g/mol. The standard InChI is InChI=1S/C13H9ClN4O2S/c14-13-16-11(15-7-8-4-2-1-3-5-8)9-6-10(18(19)20)21-12(9)17-13/h1-6H,7H2,(H,15,16,17). The van der Waals surface area contributed by atoms with Crippen LogP contribution in [0.5, 0.6) is 0 Å². The summed E-state index contributed by atoms with van der Waals surface area (Å²) in [6, 6.07) is 11.2. The fourth-order valence-electron chi connectivity index (χ4n) is 1.89. The molecule has 0 saturated heterocycles. The van der Waals surface area contributed by atoms with Crippen LogP contribution in [0.1, 0.15) is 5.56 Å². The van der Waals surface area contributed by atoms with Gasteiger partial charge in [0.05, 0.1) is 10.3 Å². The summed E-state index contributed by atoms with van der Waals surface area (Å²) in [5.74, 6) is 0.498. The van der Waals surface area contributed by atoms with Crippen LogP contribution in [0.3, 0.4) is 0 Å². The summed E-state index contributed by atoms with van der Waals surface area (Å²) in [5.41, 5.74) is 1.07. The number of benzene rings is 1. The Morgan fingerprint density at radius 2 is 2.05 bits per heavy atom. The van der Waals surface area contributed by atoms with E-state index in [1.54, 1.807) is 0 Å². The van der Waals surface area contributed by atoms with Gasteiger partial charge in [0.2, 0.25) is 5.28 Å². The molecule has 0 radical (unpaired) electrons. The predicted molar refractivity (Wildman–Crippen MR) is 82.8 cm³/mol. The normalized spacial score (nSPS) is 10.7. The van der Waals surface area contributed by atoms with Gasteiger partial charge in [0, 0.05) is 12.6 Å².